The van der Waals surface area contributed by atoms with Crippen LogP contribution in [0.2, 0.25) is 0 Å². The van der Waals surface area contributed by atoms with Crippen LogP contribution in [-0.2, 0) is 6.54 Å². The van der Waals surface area contributed by atoms with Crippen molar-refractivity contribution >= 4 is 34.6 Å². The van der Waals surface area contributed by atoms with Gasteiger partial charge in [0.1, 0.15) is 0 Å². The molecule has 0 saturated carbocycles. The Morgan fingerprint density at radius 2 is 2.35 bits per heavy atom. The molecule has 0 radical (unpaired) electrons. The number of imidazole rings is 1. The van der Waals surface area contributed by atoms with Crippen molar-refractivity contribution in [3.63, 3.8) is 0 Å². The van der Waals surface area contributed by atoms with Crippen LogP contribution in [0.4, 0.5) is 0 Å². The lowest BCUT2D eigenvalue weighted by Crippen LogP contribution is -1.97. The molecule has 0 aliphatic carbocycles. The zero-order valence-electron chi connectivity index (χ0n) is 9.17. The number of rotatable bonds is 2. The Bertz CT molecular complexity index is 722. The van der Waals surface area contributed by atoms with Gasteiger partial charge < -0.3 is 9.55 Å². The van der Waals surface area contributed by atoms with Gasteiger partial charge in [0.15, 0.2) is 4.77 Å². The fraction of sp³-hybridized carbons (Fsp3) is 0.182. The Morgan fingerprint density at radius 3 is 3.12 bits per heavy atom. The van der Waals surface area contributed by atoms with Crippen LogP contribution >= 0.6 is 23.6 Å². The number of thiazole rings is 1. The van der Waals surface area contributed by atoms with Crippen LogP contribution in [-0.4, -0.2) is 19.5 Å². The molecule has 0 fully saturated rings. The highest BCUT2D eigenvalue weighted by Crippen LogP contribution is 2.18. The number of aromatic nitrogens is 4. The molecule has 0 amide bonds. The lowest BCUT2D eigenvalue weighted by atomic mass is 10.4. The molecule has 1 N–H and O–H groups in total. The van der Waals surface area contributed by atoms with Crippen molar-refractivity contribution in [1.29, 1.82) is 0 Å². The third-order valence-electron chi connectivity index (χ3n) is 2.56. The molecule has 86 valence electrons. The summed E-state index contributed by atoms with van der Waals surface area (Å²) in [4.78, 5) is 12.7. The fourth-order valence-corrected chi connectivity index (χ4v) is 2.86. The Balaban J connectivity index is 2.11. The van der Waals surface area contributed by atoms with Gasteiger partial charge in [-0.3, -0.25) is 4.98 Å². The second-order valence-corrected chi connectivity index (χ2v) is 5.46. The van der Waals surface area contributed by atoms with Gasteiger partial charge in [0.05, 0.1) is 28.8 Å². The van der Waals surface area contributed by atoms with E-state index in [1.807, 2.05) is 19.2 Å². The Morgan fingerprint density at radius 1 is 1.47 bits per heavy atom. The number of H-pyrrole nitrogens is 1. The van der Waals surface area contributed by atoms with Crippen LogP contribution < -0.4 is 0 Å². The van der Waals surface area contributed by atoms with Crippen molar-refractivity contribution in [2.24, 2.45) is 0 Å². The molecule has 0 saturated heterocycles. The number of fused-ring (bicyclic) bond motifs is 1. The highest BCUT2D eigenvalue weighted by atomic mass is 32.1. The Kier molecular flexibility index (Phi) is 2.53. The summed E-state index contributed by atoms with van der Waals surface area (Å²) in [6.07, 6.45) is 5.47. The summed E-state index contributed by atoms with van der Waals surface area (Å²) in [5.41, 5.74) is 2.05. The zero-order valence-corrected chi connectivity index (χ0v) is 10.8. The van der Waals surface area contributed by atoms with E-state index in [9.17, 15) is 0 Å². The minimum absolute atomic E-state index is 0.721. The maximum Gasteiger partial charge on any atom is 0.178 e. The summed E-state index contributed by atoms with van der Waals surface area (Å²) in [7, 11) is 0. The molecule has 4 nitrogen and oxygen atoms in total. The second kappa shape index (κ2) is 4.05. The van der Waals surface area contributed by atoms with E-state index in [1.165, 1.54) is 4.88 Å². The lowest BCUT2D eigenvalue weighted by Gasteiger charge is -2.00. The minimum atomic E-state index is 0.721. The van der Waals surface area contributed by atoms with Gasteiger partial charge in [0, 0.05) is 17.3 Å². The molecule has 0 unspecified atom stereocenters. The van der Waals surface area contributed by atoms with Gasteiger partial charge in [-0.1, -0.05) is 0 Å². The molecule has 0 atom stereocenters. The Hall–Kier alpha value is -1.53. The molecule has 0 bridgehead atoms. The summed E-state index contributed by atoms with van der Waals surface area (Å²) in [5, 5.41) is 1.08. The van der Waals surface area contributed by atoms with E-state index in [0.717, 1.165) is 27.4 Å². The van der Waals surface area contributed by atoms with Crippen molar-refractivity contribution in [3.05, 3.63) is 39.3 Å². The number of hydrogen-bond donors (Lipinski definition) is 1. The number of hydrogen-bond acceptors (Lipinski definition) is 4. The van der Waals surface area contributed by atoms with Crippen molar-refractivity contribution < 1.29 is 0 Å². The lowest BCUT2D eigenvalue weighted by molar-refractivity contribution is 0.821. The molecule has 3 aromatic heterocycles. The second-order valence-electron chi connectivity index (χ2n) is 3.75. The molecule has 6 heteroatoms. The molecule has 0 aromatic carbocycles. The van der Waals surface area contributed by atoms with E-state index >= 15 is 0 Å². The average molecular weight is 262 g/mol. The van der Waals surface area contributed by atoms with Crippen molar-refractivity contribution in [2.45, 2.75) is 13.5 Å². The molecule has 3 rings (SSSR count). The first-order valence-electron chi connectivity index (χ1n) is 5.18. The van der Waals surface area contributed by atoms with Crippen LogP contribution in [0.3, 0.4) is 0 Å². The van der Waals surface area contributed by atoms with Crippen molar-refractivity contribution in [3.8, 4) is 0 Å². The first kappa shape index (κ1) is 10.6. The van der Waals surface area contributed by atoms with Crippen molar-refractivity contribution in [2.75, 3.05) is 0 Å². The van der Waals surface area contributed by atoms with E-state index < -0.39 is 0 Å². The maximum atomic E-state index is 5.32. The van der Waals surface area contributed by atoms with Crippen LogP contribution in [0.25, 0.3) is 11.0 Å². The summed E-state index contributed by atoms with van der Waals surface area (Å²) >= 11 is 7.02. The van der Waals surface area contributed by atoms with Crippen LogP contribution in [0.15, 0.2) is 24.7 Å². The zero-order chi connectivity index (χ0) is 11.8. The number of aryl methyl sites for hydroxylation is 1. The molecule has 0 spiro atoms. The fourth-order valence-electron chi connectivity index (χ4n) is 1.80. The van der Waals surface area contributed by atoms with E-state index in [1.54, 1.807) is 23.7 Å². The van der Waals surface area contributed by atoms with Gasteiger partial charge >= 0.3 is 0 Å². The first-order valence-corrected chi connectivity index (χ1v) is 6.40. The Labute approximate surface area is 107 Å². The monoisotopic (exact) mass is 262 g/mol. The average Bonchev–Trinajstić information content (AvgIpc) is 2.85. The molecular weight excluding hydrogens is 252 g/mol. The maximum absolute atomic E-state index is 5.32. The van der Waals surface area contributed by atoms with Gasteiger partial charge in [-0.25, -0.2) is 4.98 Å². The summed E-state index contributed by atoms with van der Waals surface area (Å²) < 4.78 is 2.79. The molecular formula is C11H10N4S2. The van der Waals surface area contributed by atoms with Gasteiger partial charge in [-0.2, -0.15) is 0 Å². The topological polar surface area (TPSA) is 46.5 Å². The molecule has 17 heavy (non-hydrogen) atoms. The summed E-state index contributed by atoms with van der Waals surface area (Å²) in [5.74, 6) is 0. The number of nitrogens with one attached hydrogen (secondary N) is 1. The quantitative estimate of drug-likeness (QED) is 0.722. The first-order chi connectivity index (χ1) is 8.24. The van der Waals surface area contributed by atoms with Gasteiger partial charge in [0.25, 0.3) is 0 Å². The summed E-state index contributed by atoms with van der Waals surface area (Å²) in [6, 6.07) is 1.97. The minimum Gasteiger partial charge on any atom is -0.329 e. The SMILES string of the molecule is Cc1ncc(Cn2c(=S)[nH]c3cnccc32)s1. The van der Waals surface area contributed by atoms with E-state index in [2.05, 4.69) is 19.5 Å². The smallest absolute Gasteiger partial charge is 0.178 e. The van der Waals surface area contributed by atoms with E-state index in [4.69, 9.17) is 12.2 Å². The largest absolute Gasteiger partial charge is 0.329 e. The van der Waals surface area contributed by atoms with E-state index in [-0.39, 0.29) is 0 Å². The number of pyridine rings is 1. The molecule has 3 aromatic rings. The number of nitrogens with zero attached hydrogens (tertiary/aromatic N) is 3. The van der Waals surface area contributed by atoms with Crippen LogP contribution in [0.1, 0.15) is 9.88 Å². The predicted octanol–water partition coefficient (Wildman–Crippen LogP) is 2.91. The molecule has 0 aliphatic rings. The molecule has 3 heterocycles. The van der Waals surface area contributed by atoms with Crippen molar-refractivity contribution in [1.82, 2.24) is 19.5 Å². The predicted molar refractivity (Wildman–Crippen MR) is 70.9 cm³/mol. The van der Waals surface area contributed by atoms with E-state index in [0.29, 0.717) is 0 Å². The highest BCUT2D eigenvalue weighted by Gasteiger charge is 2.06. The van der Waals surface area contributed by atoms with Crippen LogP contribution in [0, 0.1) is 11.7 Å². The molecule has 0 aliphatic heterocycles. The van der Waals surface area contributed by atoms with Crippen LogP contribution in [0.5, 0.6) is 0 Å². The highest BCUT2D eigenvalue weighted by molar-refractivity contribution is 7.71. The normalized spacial score (nSPS) is 11.1. The number of aromatic amines is 1. The summed E-state index contributed by atoms with van der Waals surface area (Å²) in [6.45, 7) is 2.76. The van der Waals surface area contributed by atoms with Gasteiger partial charge in [-0.05, 0) is 25.2 Å². The van der Waals surface area contributed by atoms with Gasteiger partial charge in [0.2, 0.25) is 0 Å². The standard InChI is InChI=1S/C11H10N4S2/c1-7-13-4-8(17-7)6-15-10-2-3-12-5-9(10)14-11(15)16/h2-5H,6H2,1H3,(H,14,16). The third kappa shape index (κ3) is 1.89. The van der Waals surface area contributed by atoms with Gasteiger partial charge in [-0.15, -0.1) is 11.3 Å². The third-order valence-corrected chi connectivity index (χ3v) is 3.78.